The van der Waals surface area contributed by atoms with Gasteiger partial charge in [0.25, 0.3) is 5.91 Å². The van der Waals surface area contributed by atoms with Crippen LogP contribution in [-0.2, 0) is 0 Å². The van der Waals surface area contributed by atoms with Crippen LogP contribution in [0.25, 0.3) is 0 Å². The van der Waals surface area contributed by atoms with Crippen LogP contribution in [0.5, 0.6) is 0 Å². The molecule has 0 bridgehead atoms. The standard InChI is InChI=1S/C12H16Cl2N2O2/c1-6(2)9(17)5-16-12(18)8-4-15-7(3)10(13)11(8)14/h4,6,9,17H,5H2,1-3H3,(H,16,18)/t9-/m0/s1. The van der Waals surface area contributed by atoms with Crippen molar-refractivity contribution in [3.8, 4) is 0 Å². The fraction of sp³-hybridized carbons (Fsp3) is 0.500. The number of rotatable bonds is 4. The van der Waals surface area contributed by atoms with Gasteiger partial charge in [0.1, 0.15) is 0 Å². The molecule has 2 N–H and O–H groups in total. The highest BCUT2D eigenvalue weighted by Gasteiger charge is 2.17. The fourth-order valence-corrected chi connectivity index (χ4v) is 1.66. The van der Waals surface area contributed by atoms with E-state index in [1.54, 1.807) is 6.92 Å². The van der Waals surface area contributed by atoms with E-state index in [2.05, 4.69) is 10.3 Å². The van der Waals surface area contributed by atoms with Crippen LogP contribution in [0.2, 0.25) is 10.0 Å². The van der Waals surface area contributed by atoms with E-state index in [1.807, 2.05) is 13.8 Å². The molecule has 1 amide bonds. The highest BCUT2D eigenvalue weighted by Crippen LogP contribution is 2.27. The number of amides is 1. The molecule has 0 saturated heterocycles. The summed E-state index contributed by atoms with van der Waals surface area (Å²) < 4.78 is 0. The molecule has 6 heteroatoms. The third-order valence-electron chi connectivity index (χ3n) is 2.62. The van der Waals surface area contributed by atoms with Crippen LogP contribution < -0.4 is 5.32 Å². The Kier molecular flexibility index (Phi) is 5.38. The molecular formula is C12H16Cl2N2O2. The average Bonchev–Trinajstić information content (AvgIpc) is 2.32. The summed E-state index contributed by atoms with van der Waals surface area (Å²) >= 11 is 11.9. The molecule has 0 aliphatic heterocycles. The summed E-state index contributed by atoms with van der Waals surface area (Å²) in [7, 11) is 0. The number of aryl methyl sites for hydroxylation is 1. The molecule has 0 spiro atoms. The van der Waals surface area contributed by atoms with Gasteiger partial charge < -0.3 is 10.4 Å². The third-order valence-corrected chi connectivity index (χ3v) is 3.57. The van der Waals surface area contributed by atoms with Gasteiger partial charge in [-0.05, 0) is 12.8 Å². The van der Waals surface area contributed by atoms with Gasteiger partial charge in [0.15, 0.2) is 0 Å². The van der Waals surface area contributed by atoms with E-state index in [0.717, 1.165) is 0 Å². The van der Waals surface area contributed by atoms with Crippen molar-refractivity contribution in [1.29, 1.82) is 0 Å². The molecule has 1 rings (SSSR count). The first-order chi connectivity index (χ1) is 8.34. The first-order valence-electron chi connectivity index (χ1n) is 5.61. The Bertz CT molecular complexity index is 450. The molecule has 0 radical (unpaired) electrons. The zero-order valence-corrected chi connectivity index (χ0v) is 12.0. The predicted octanol–water partition coefficient (Wildman–Crippen LogP) is 2.44. The van der Waals surface area contributed by atoms with Crippen molar-refractivity contribution in [2.45, 2.75) is 26.9 Å². The fourth-order valence-electron chi connectivity index (χ4n) is 1.24. The molecular weight excluding hydrogens is 275 g/mol. The largest absolute Gasteiger partial charge is 0.391 e. The lowest BCUT2D eigenvalue weighted by Gasteiger charge is -2.15. The average molecular weight is 291 g/mol. The van der Waals surface area contributed by atoms with E-state index < -0.39 is 12.0 Å². The number of nitrogens with one attached hydrogen (secondary N) is 1. The van der Waals surface area contributed by atoms with Crippen LogP contribution in [0.15, 0.2) is 6.20 Å². The van der Waals surface area contributed by atoms with Gasteiger partial charge in [0.05, 0.1) is 27.4 Å². The number of hydrogen-bond acceptors (Lipinski definition) is 3. The normalized spacial score (nSPS) is 12.6. The van der Waals surface area contributed by atoms with Gasteiger partial charge in [0.2, 0.25) is 0 Å². The quantitative estimate of drug-likeness (QED) is 0.895. The van der Waals surface area contributed by atoms with Crippen molar-refractivity contribution in [2.24, 2.45) is 5.92 Å². The lowest BCUT2D eigenvalue weighted by Crippen LogP contribution is -2.34. The lowest BCUT2D eigenvalue weighted by molar-refractivity contribution is 0.0871. The molecule has 0 saturated carbocycles. The van der Waals surface area contributed by atoms with Crippen molar-refractivity contribution >= 4 is 29.1 Å². The summed E-state index contributed by atoms with van der Waals surface area (Å²) in [5.41, 5.74) is 0.781. The second-order valence-corrected chi connectivity index (χ2v) is 5.16. The Labute approximate surface area is 116 Å². The number of carbonyl (C=O) groups is 1. The van der Waals surface area contributed by atoms with Crippen molar-refractivity contribution in [3.05, 3.63) is 27.5 Å². The minimum atomic E-state index is -0.596. The van der Waals surface area contributed by atoms with Crippen LogP contribution in [0.4, 0.5) is 0 Å². The summed E-state index contributed by atoms with van der Waals surface area (Å²) in [6.07, 6.45) is 0.780. The molecule has 0 unspecified atom stereocenters. The van der Waals surface area contributed by atoms with E-state index in [0.29, 0.717) is 5.69 Å². The second kappa shape index (κ2) is 6.36. The number of aliphatic hydroxyl groups is 1. The first-order valence-corrected chi connectivity index (χ1v) is 6.37. The minimum absolute atomic E-state index is 0.0699. The Balaban J connectivity index is 2.77. The summed E-state index contributed by atoms with van der Waals surface area (Å²) in [5.74, 6) is -0.324. The van der Waals surface area contributed by atoms with Crippen LogP contribution in [0, 0.1) is 12.8 Å². The molecule has 100 valence electrons. The van der Waals surface area contributed by atoms with Crippen molar-refractivity contribution in [2.75, 3.05) is 6.54 Å². The van der Waals surface area contributed by atoms with Crippen LogP contribution in [0.1, 0.15) is 29.9 Å². The molecule has 0 aromatic carbocycles. The van der Waals surface area contributed by atoms with Gasteiger partial charge in [-0.2, -0.15) is 0 Å². The molecule has 0 aliphatic rings. The smallest absolute Gasteiger partial charge is 0.254 e. The maximum Gasteiger partial charge on any atom is 0.254 e. The molecule has 1 heterocycles. The van der Waals surface area contributed by atoms with Gasteiger partial charge in [0, 0.05) is 12.7 Å². The molecule has 0 aliphatic carbocycles. The SMILES string of the molecule is Cc1ncc(C(=O)NC[C@H](O)C(C)C)c(Cl)c1Cl. The number of hydrogen-bond donors (Lipinski definition) is 2. The molecule has 1 atom stereocenters. The zero-order chi connectivity index (χ0) is 13.9. The van der Waals surface area contributed by atoms with Crippen molar-refractivity contribution in [1.82, 2.24) is 10.3 Å². The van der Waals surface area contributed by atoms with Gasteiger partial charge >= 0.3 is 0 Å². The molecule has 18 heavy (non-hydrogen) atoms. The van der Waals surface area contributed by atoms with Crippen LogP contribution in [0.3, 0.4) is 0 Å². The van der Waals surface area contributed by atoms with Gasteiger partial charge in [-0.25, -0.2) is 0 Å². The van der Waals surface area contributed by atoms with E-state index >= 15 is 0 Å². The maximum absolute atomic E-state index is 11.9. The van der Waals surface area contributed by atoms with E-state index in [4.69, 9.17) is 23.2 Å². The maximum atomic E-state index is 11.9. The van der Waals surface area contributed by atoms with Gasteiger partial charge in [-0.3, -0.25) is 9.78 Å². The zero-order valence-electron chi connectivity index (χ0n) is 10.5. The van der Waals surface area contributed by atoms with Crippen LogP contribution in [-0.4, -0.2) is 28.6 Å². The molecule has 0 fully saturated rings. The number of aromatic nitrogens is 1. The number of carbonyl (C=O) groups excluding carboxylic acids is 1. The van der Waals surface area contributed by atoms with Gasteiger partial charge in [-0.15, -0.1) is 0 Å². The summed E-state index contributed by atoms with van der Waals surface area (Å²) in [6.45, 7) is 5.61. The van der Waals surface area contributed by atoms with Crippen molar-refractivity contribution < 1.29 is 9.90 Å². The first kappa shape index (κ1) is 15.2. The van der Waals surface area contributed by atoms with Crippen LogP contribution >= 0.6 is 23.2 Å². The lowest BCUT2D eigenvalue weighted by atomic mass is 10.1. The Hall–Kier alpha value is -0.840. The summed E-state index contributed by atoms with van der Waals surface area (Å²) in [5, 5.41) is 12.6. The number of nitrogens with zero attached hydrogens (tertiary/aromatic N) is 1. The minimum Gasteiger partial charge on any atom is -0.391 e. The monoisotopic (exact) mass is 290 g/mol. The summed E-state index contributed by atoms with van der Waals surface area (Å²) in [4.78, 5) is 15.8. The van der Waals surface area contributed by atoms with Gasteiger partial charge in [-0.1, -0.05) is 37.0 Å². The summed E-state index contributed by atoms with van der Waals surface area (Å²) in [6, 6.07) is 0. The molecule has 4 nitrogen and oxygen atoms in total. The Morgan fingerprint density at radius 3 is 2.61 bits per heavy atom. The topological polar surface area (TPSA) is 62.2 Å². The molecule has 1 aromatic rings. The highest BCUT2D eigenvalue weighted by molar-refractivity contribution is 6.44. The Morgan fingerprint density at radius 1 is 1.44 bits per heavy atom. The molecule has 1 aromatic heterocycles. The van der Waals surface area contributed by atoms with E-state index in [9.17, 15) is 9.90 Å². The number of halogens is 2. The van der Waals surface area contributed by atoms with E-state index in [1.165, 1.54) is 6.20 Å². The van der Waals surface area contributed by atoms with E-state index in [-0.39, 0.29) is 28.1 Å². The number of pyridine rings is 1. The highest BCUT2D eigenvalue weighted by atomic mass is 35.5. The Morgan fingerprint density at radius 2 is 2.06 bits per heavy atom. The number of aliphatic hydroxyl groups excluding tert-OH is 1. The third kappa shape index (κ3) is 3.57. The predicted molar refractivity (Wildman–Crippen MR) is 72.2 cm³/mol. The van der Waals surface area contributed by atoms with Crippen molar-refractivity contribution in [3.63, 3.8) is 0 Å². The second-order valence-electron chi connectivity index (χ2n) is 4.41.